The Morgan fingerprint density at radius 3 is 2.67 bits per heavy atom. The van der Waals surface area contributed by atoms with Gasteiger partial charge in [-0.3, -0.25) is 19.1 Å². The van der Waals surface area contributed by atoms with Crippen molar-refractivity contribution < 1.29 is 19.2 Å². The molecule has 2 heterocycles. The van der Waals surface area contributed by atoms with Crippen molar-refractivity contribution in [1.29, 1.82) is 0 Å². The molecule has 1 aromatic heterocycles. The standard InChI is InChI=1S/C17H19N5O5/c1-12(23)13-2-4-14(5-3-13)18-16(24)11-20-6-7-21-10-15(22(25)26)19-17(21)27-9-8-20/h2-5,10H,6-9,11H2,1H3,(H,18,24). The predicted octanol–water partition coefficient (Wildman–Crippen LogP) is 1.33. The van der Waals surface area contributed by atoms with Gasteiger partial charge >= 0.3 is 11.8 Å². The summed E-state index contributed by atoms with van der Waals surface area (Å²) in [6.07, 6.45) is 1.33. The number of nitrogens with one attached hydrogen (secondary N) is 1. The topological polar surface area (TPSA) is 120 Å². The normalized spacial score (nSPS) is 14.4. The van der Waals surface area contributed by atoms with Crippen molar-refractivity contribution in [1.82, 2.24) is 14.5 Å². The average Bonchev–Trinajstić information content (AvgIpc) is 3.00. The minimum atomic E-state index is -0.566. The molecule has 0 saturated carbocycles. The van der Waals surface area contributed by atoms with Gasteiger partial charge in [0.25, 0.3) is 0 Å². The summed E-state index contributed by atoms with van der Waals surface area (Å²) in [4.78, 5) is 39.5. The lowest BCUT2D eigenvalue weighted by Gasteiger charge is -2.23. The van der Waals surface area contributed by atoms with Crippen LogP contribution in [0.25, 0.3) is 0 Å². The second-order valence-electron chi connectivity index (χ2n) is 6.14. The lowest BCUT2D eigenvalue weighted by atomic mass is 10.1. The summed E-state index contributed by atoms with van der Waals surface area (Å²) in [6.45, 7) is 3.37. The van der Waals surface area contributed by atoms with E-state index in [-0.39, 0.29) is 36.7 Å². The SMILES string of the molecule is CC(=O)c1ccc(NC(=O)CN2CCOc3nc([N+](=O)[O-])cn3CC2)cc1. The van der Waals surface area contributed by atoms with Gasteiger partial charge in [0.2, 0.25) is 5.91 Å². The van der Waals surface area contributed by atoms with Crippen molar-refractivity contribution in [3.8, 4) is 6.01 Å². The van der Waals surface area contributed by atoms with E-state index in [2.05, 4.69) is 10.3 Å². The third-order valence-electron chi connectivity index (χ3n) is 4.15. The van der Waals surface area contributed by atoms with Crippen LogP contribution < -0.4 is 10.1 Å². The Kier molecular flexibility index (Phi) is 5.46. The number of imidazole rings is 1. The van der Waals surface area contributed by atoms with Crippen LogP contribution in [0.2, 0.25) is 0 Å². The average molecular weight is 373 g/mol. The highest BCUT2D eigenvalue weighted by molar-refractivity contribution is 5.96. The number of carbonyl (C=O) groups is 2. The Bertz CT molecular complexity index is 861. The number of nitrogens with zero attached hydrogens (tertiary/aromatic N) is 4. The second-order valence-corrected chi connectivity index (χ2v) is 6.14. The van der Waals surface area contributed by atoms with Gasteiger partial charge in [-0.15, -0.1) is 0 Å². The number of Topliss-reactive ketones (excluding diaryl/α,β-unsaturated/α-hetero) is 1. The Hall–Kier alpha value is -3.27. The number of hydrogen-bond acceptors (Lipinski definition) is 7. The zero-order chi connectivity index (χ0) is 19.4. The number of rotatable bonds is 5. The molecule has 0 atom stereocenters. The molecule has 0 aliphatic carbocycles. The molecule has 0 fully saturated rings. The largest absolute Gasteiger partial charge is 0.444 e. The molecule has 1 amide bonds. The number of ketones is 1. The van der Waals surface area contributed by atoms with Gasteiger partial charge in [-0.2, -0.15) is 0 Å². The maximum Gasteiger partial charge on any atom is 0.414 e. The van der Waals surface area contributed by atoms with E-state index >= 15 is 0 Å². The molecule has 0 saturated heterocycles. The number of amides is 1. The Balaban J connectivity index is 1.56. The van der Waals surface area contributed by atoms with E-state index in [1.807, 2.05) is 4.90 Å². The van der Waals surface area contributed by atoms with Crippen molar-refractivity contribution >= 4 is 23.2 Å². The van der Waals surface area contributed by atoms with Crippen molar-refractivity contribution in [2.45, 2.75) is 13.5 Å². The second kappa shape index (κ2) is 7.96. The van der Waals surface area contributed by atoms with Crippen LogP contribution in [-0.2, 0) is 11.3 Å². The summed E-state index contributed by atoms with van der Waals surface area (Å²) < 4.78 is 7.04. The highest BCUT2D eigenvalue weighted by atomic mass is 16.6. The Morgan fingerprint density at radius 1 is 1.26 bits per heavy atom. The fourth-order valence-corrected chi connectivity index (χ4v) is 2.73. The number of carbonyl (C=O) groups excluding carboxylic acids is 2. The fourth-order valence-electron chi connectivity index (χ4n) is 2.73. The van der Waals surface area contributed by atoms with Crippen LogP contribution in [-0.4, -0.2) is 57.3 Å². The minimum absolute atomic E-state index is 0.0346. The van der Waals surface area contributed by atoms with Crippen LogP contribution in [0.5, 0.6) is 6.01 Å². The van der Waals surface area contributed by atoms with E-state index in [0.29, 0.717) is 30.9 Å². The minimum Gasteiger partial charge on any atom is -0.444 e. The van der Waals surface area contributed by atoms with Crippen molar-refractivity contribution in [2.75, 3.05) is 31.6 Å². The molecule has 1 aliphatic rings. The van der Waals surface area contributed by atoms with Crippen molar-refractivity contribution in [3.63, 3.8) is 0 Å². The third-order valence-corrected chi connectivity index (χ3v) is 4.15. The Morgan fingerprint density at radius 2 is 2.00 bits per heavy atom. The number of hydrogen-bond donors (Lipinski definition) is 1. The molecule has 1 aliphatic heterocycles. The van der Waals surface area contributed by atoms with E-state index in [9.17, 15) is 19.7 Å². The van der Waals surface area contributed by atoms with E-state index in [1.54, 1.807) is 28.8 Å². The number of anilines is 1. The van der Waals surface area contributed by atoms with Crippen LogP contribution in [0.15, 0.2) is 30.5 Å². The van der Waals surface area contributed by atoms with Crippen LogP contribution >= 0.6 is 0 Å². The molecule has 0 radical (unpaired) electrons. The van der Waals surface area contributed by atoms with Crippen molar-refractivity contribution in [3.05, 3.63) is 46.1 Å². The smallest absolute Gasteiger partial charge is 0.414 e. The van der Waals surface area contributed by atoms with E-state index in [4.69, 9.17) is 4.74 Å². The molecule has 27 heavy (non-hydrogen) atoms. The maximum absolute atomic E-state index is 12.3. The highest BCUT2D eigenvalue weighted by Gasteiger charge is 2.23. The van der Waals surface area contributed by atoms with Gasteiger partial charge in [0, 0.05) is 35.9 Å². The van der Waals surface area contributed by atoms with E-state index in [0.717, 1.165) is 0 Å². The lowest BCUT2D eigenvalue weighted by Crippen LogP contribution is -2.39. The van der Waals surface area contributed by atoms with Gasteiger partial charge in [-0.1, -0.05) is 0 Å². The molecule has 10 heteroatoms. The van der Waals surface area contributed by atoms with Crippen LogP contribution in [0.4, 0.5) is 11.5 Å². The monoisotopic (exact) mass is 373 g/mol. The zero-order valence-corrected chi connectivity index (χ0v) is 14.8. The van der Waals surface area contributed by atoms with E-state index < -0.39 is 4.92 Å². The van der Waals surface area contributed by atoms with Crippen LogP contribution in [0.3, 0.4) is 0 Å². The molecule has 10 nitrogen and oxygen atoms in total. The first kappa shape index (κ1) is 18.5. The highest BCUT2D eigenvalue weighted by Crippen LogP contribution is 2.19. The first-order valence-electron chi connectivity index (χ1n) is 8.40. The fraction of sp³-hybridized carbons (Fsp3) is 0.353. The summed E-state index contributed by atoms with van der Waals surface area (Å²) in [7, 11) is 0. The molecule has 0 spiro atoms. The van der Waals surface area contributed by atoms with Crippen LogP contribution in [0, 0.1) is 10.1 Å². The molecule has 3 rings (SSSR count). The van der Waals surface area contributed by atoms with Crippen LogP contribution in [0.1, 0.15) is 17.3 Å². The van der Waals surface area contributed by atoms with Gasteiger partial charge in [-0.05, 0) is 36.1 Å². The molecule has 2 aromatic rings. The van der Waals surface area contributed by atoms with E-state index in [1.165, 1.54) is 13.1 Å². The third kappa shape index (κ3) is 4.67. The molecular formula is C17H19N5O5. The van der Waals surface area contributed by atoms with Crippen molar-refractivity contribution in [2.24, 2.45) is 0 Å². The number of nitro groups is 1. The summed E-state index contributed by atoms with van der Waals surface area (Å²) >= 11 is 0. The van der Waals surface area contributed by atoms with Gasteiger partial charge in [0.1, 0.15) is 12.8 Å². The quantitative estimate of drug-likeness (QED) is 0.477. The summed E-state index contributed by atoms with van der Waals surface area (Å²) in [5.74, 6) is -0.485. The molecular weight excluding hydrogens is 354 g/mol. The molecule has 0 bridgehead atoms. The number of benzene rings is 1. The number of fused-ring (bicyclic) bond motifs is 1. The van der Waals surface area contributed by atoms with Gasteiger partial charge in [-0.25, -0.2) is 0 Å². The molecule has 1 N–H and O–H groups in total. The first-order valence-corrected chi connectivity index (χ1v) is 8.40. The number of ether oxygens (including phenoxy) is 1. The molecule has 142 valence electrons. The first-order chi connectivity index (χ1) is 12.9. The zero-order valence-electron chi connectivity index (χ0n) is 14.8. The number of aromatic nitrogens is 2. The summed E-state index contributed by atoms with van der Waals surface area (Å²) in [5.41, 5.74) is 1.19. The molecule has 0 unspecified atom stereocenters. The Labute approximate surface area is 154 Å². The summed E-state index contributed by atoms with van der Waals surface area (Å²) in [5, 5.41) is 13.6. The predicted molar refractivity (Wildman–Crippen MR) is 95.9 cm³/mol. The lowest BCUT2D eigenvalue weighted by molar-refractivity contribution is -0.389. The summed E-state index contributed by atoms with van der Waals surface area (Å²) in [6, 6.07) is 6.91. The molecule has 1 aromatic carbocycles. The van der Waals surface area contributed by atoms with Gasteiger partial charge < -0.3 is 20.2 Å². The van der Waals surface area contributed by atoms with Gasteiger partial charge in [0.05, 0.1) is 6.54 Å². The van der Waals surface area contributed by atoms with Gasteiger partial charge in [0.15, 0.2) is 5.78 Å². The maximum atomic E-state index is 12.3.